The van der Waals surface area contributed by atoms with Crippen LogP contribution in [0.1, 0.15) is 59.8 Å². The summed E-state index contributed by atoms with van der Waals surface area (Å²) in [6, 6.07) is 1.03. The van der Waals surface area contributed by atoms with Gasteiger partial charge >= 0.3 is 0 Å². The molecular formula is C19H42IN5. The fourth-order valence-electron chi connectivity index (χ4n) is 3.27. The standard InChI is InChI=1S/C19H41N5.HI/c1-6-8-9-10-11-17(3)22-19(20-5)21-16-18(4)24-14-12-23(7-2)13-15-24;/h17-18H,6-16H2,1-5H3,(H2,20,21,22);1H. The van der Waals surface area contributed by atoms with Gasteiger partial charge in [-0.1, -0.05) is 39.5 Å². The summed E-state index contributed by atoms with van der Waals surface area (Å²) in [5.74, 6) is 0.942. The Kier molecular flexibility index (Phi) is 15.0. The molecule has 0 aliphatic carbocycles. The Morgan fingerprint density at radius 2 is 1.72 bits per heavy atom. The summed E-state index contributed by atoms with van der Waals surface area (Å²) in [5.41, 5.74) is 0. The predicted molar refractivity (Wildman–Crippen MR) is 121 cm³/mol. The summed E-state index contributed by atoms with van der Waals surface area (Å²) in [7, 11) is 1.86. The van der Waals surface area contributed by atoms with Crippen molar-refractivity contribution >= 4 is 29.9 Å². The first-order valence-electron chi connectivity index (χ1n) is 10.0. The fourth-order valence-corrected chi connectivity index (χ4v) is 3.27. The third-order valence-corrected chi connectivity index (χ3v) is 5.14. The van der Waals surface area contributed by atoms with Crippen molar-refractivity contribution in [2.24, 2.45) is 4.99 Å². The van der Waals surface area contributed by atoms with E-state index in [9.17, 15) is 0 Å². The summed E-state index contributed by atoms with van der Waals surface area (Å²) < 4.78 is 0. The first-order chi connectivity index (χ1) is 11.6. The van der Waals surface area contributed by atoms with Crippen LogP contribution in [0.4, 0.5) is 0 Å². The first-order valence-corrected chi connectivity index (χ1v) is 10.0. The maximum Gasteiger partial charge on any atom is 0.191 e. The van der Waals surface area contributed by atoms with E-state index in [1.54, 1.807) is 0 Å². The number of aliphatic imine (C=N–C) groups is 1. The molecule has 1 aliphatic heterocycles. The maximum absolute atomic E-state index is 4.38. The van der Waals surface area contributed by atoms with Gasteiger partial charge in [0.2, 0.25) is 0 Å². The molecule has 1 rings (SSSR count). The molecule has 0 aromatic carbocycles. The SMILES string of the molecule is CCCCCCC(C)NC(=NC)NCC(C)N1CCN(CC)CC1.I. The molecule has 1 saturated heterocycles. The first kappa shape index (κ1) is 24.9. The lowest BCUT2D eigenvalue weighted by Gasteiger charge is -2.37. The average molecular weight is 467 g/mol. The number of nitrogens with one attached hydrogen (secondary N) is 2. The van der Waals surface area contributed by atoms with Crippen molar-refractivity contribution in [3.8, 4) is 0 Å². The van der Waals surface area contributed by atoms with Crippen LogP contribution in [0.3, 0.4) is 0 Å². The normalized spacial score (nSPS) is 19.2. The van der Waals surface area contributed by atoms with Gasteiger partial charge in [-0.3, -0.25) is 9.89 Å². The number of rotatable bonds is 10. The van der Waals surface area contributed by atoms with Crippen molar-refractivity contribution in [1.29, 1.82) is 0 Å². The highest BCUT2D eigenvalue weighted by molar-refractivity contribution is 14.0. The van der Waals surface area contributed by atoms with Gasteiger partial charge in [-0.2, -0.15) is 0 Å². The molecular weight excluding hydrogens is 425 g/mol. The highest BCUT2D eigenvalue weighted by atomic mass is 127. The Hall–Kier alpha value is -0.0800. The highest BCUT2D eigenvalue weighted by Crippen LogP contribution is 2.06. The summed E-state index contributed by atoms with van der Waals surface area (Å²) in [6.07, 6.45) is 6.51. The monoisotopic (exact) mass is 467 g/mol. The molecule has 0 bridgehead atoms. The van der Waals surface area contributed by atoms with Gasteiger partial charge in [0.15, 0.2) is 5.96 Å². The molecule has 1 heterocycles. The number of likely N-dealkylation sites (N-methyl/N-ethyl adjacent to an activating group) is 1. The summed E-state index contributed by atoms with van der Waals surface area (Å²) >= 11 is 0. The molecule has 0 amide bonds. The van der Waals surface area contributed by atoms with Crippen molar-refractivity contribution in [3.05, 3.63) is 0 Å². The maximum atomic E-state index is 4.38. The van der Waals surface area contributed by atoms with Gasteiger partial charge in [-0.15, -0.1) is 24.0 Å². The van der Waals surface area contributed by atoms with Gasteiger partial charge in [0, 0.05) is 51.9 Å². The third kappa shape index (κ3) is 10.6. The quantitative estimate of drug-likeness (QED) is 0.224. The van der Waals surface area contributed by atoms with Gasteiger partial charge in [0.05, 0.1) is 0 Å². The Balaban J connectivity index is 0.00000576. The largest absolute Gasteiger partial charge is 0.355 e. The zero-order valence-electron chi connectivity index (χ0n) is 17.2. The number of nitrogens with zero attached hydrogens (tertiary/aromatic N) is 3. The fraction of sp³-hybridized carbons (Fsp3) is 0.947. The lowest BCUT2D eigenvalue weighted by Crippen LogP contribution is -2.53. The Morgan fingerprint density at radius 1 is 1.04 bits per heavy atom. The van der Waals surface area contributed by atoms with E-state index in [0.717, 1.165) is 12.5 Å². The molecule has 2 atom stereocenters. The van der Waals surface area contributed by atoms with Crippen LogP contribution in [0.25, 0.3) is 0 Å². The van der Waals surface area contributed by atoms with Crippen LogP contribution in [0.5, 0.6) is 0 Å². The lowest BCUT2D eigenvalue weighted by molar-refractivity contribution is 0.107. The van der Waals surface area contributed by atoms with Crippen LogP contribution in [-0.4, -0.2) is 74.2 Å². The van der Waals surface area contributed by atoms with Crippen molar-refractivity contribution in [1.82, 2.24) is 20.4 Å². The molecule has 0 radical (unpaired) electrons. The molecule has 0 spiro atoms. The van der Waals surface area contributed by atoms with E-state index in [2.05, 4.69) is 53.1 Å². The van der Waals surface area contributed by atoms with Crippen molar-refractivity contribution in [3.63, 3.8) is 0 Å². The van der Waals surface area contributed by atoms with Gasteiger partial charge in [0.1, 0.15) is 0 Å². The number of guanidine groups is 1. The Labute approximate surface area is 173 Å². The number of piperazine rings is 1. The lowest BCUT2D eigenvalue weighted by atomic mass is 10.1. The van der Waals surface area contributed by atoms with Crippen LogP contribution >= 0.6 is 24.0 Å². The number of hydrogen-bond acceptors (Lipinski definition) is 3. The molecule has 5 nitrogen and oxygen atoms in total. The van der Waals surface area contributed by atoms with Crippen LogP contribution in [-0.2, 0) is 0 Å². The summed E-state index contributed by atoms with van der Waals surface area (Å²) in [4.78, 5) is 9.49. The molecule has 6 heteroatoms. The van der Waals surface area contributed by atoms with Crippen molar-refractivity contribution in [2.75, 3.05) is 46.3 Å². The predicted octanol–water partition coefficient (Wildman–Crippen LogP) is 3.15. The zero-order chi connectivity index (χ0) is 17.8. The minimum atomic E-state index is 0. The second kappa shape index (κ2) is 15.0. The van der Waals surface area contributed by atoms with Crippen LogP contribution < -0.4 is 10.6 Å². The van der Waals surface area contributed by atoms with E-state index in [4.69, 9.17) is 0 Å². The van der Waals surface area contributed by atoms with Gasteiger partial charge in [-0.05, 0) is 26.8 Å². The molecule has 25 heavy (non-hydrogen) atoms. The Bertz CT molecular complexity index is 343. The molecule has 0 aromatic rings. The Morgan fingerprint density at radius 3 is 2.28 bits per heavy atom. The van der Waals surface area contributed by atoms with E-state index in [-0.39, 0.29) is 24.0 Å². The van der Waals surface area contributed by atoms with E-state index < -0.39 is 0 Å². The second-order valence-corrected chi connectivity index (χ2v) is 7.17. The summed E-state index contributed by atoms with van der Waals surface area (Å²) in [5, 5.41) is 7.04. The highest BCUT2D eigenvalue weighted by Gasteiger charge is 2.20. The van der Waals surface area contributed by atoms with E-state index >= 15 is 0 Å². The van der Waals surface area contributed by atoms with Crippen LogP contribution in [0.15, 0.2) is 4.99 Å². The smallest absolute Gasteiger partial charge is 0.191 e. The van der Waals surface area contributed by atoms with Gasteiger partial charge in [-0.25, -0.2) is 0 Å². The van der Waals surface area contributed by atoms with E-state index in [1.165, 1.54) is 64.8 Å². The second-order valence-electron chi connectivity index (χ2n) is 7.17. The number of hydrogen-bond donors (Lipinski definition) is 2. The minimum absolute atomic E-state index is 0. The average Bonchev–Trinajstić information content (AvgIpc) is 2.62. The number of halogens is 1. The van der Waals surface area contributed by atoms with E-state index in [0.29, 0.717) is 12.1 Å². The minimum Gasteiger partial charge on any atom is -0.355 e. The van der Waals surface area contributed by atoms with Crippen molar-refractivity contribution in [2.45, 2.75) is 71.9 Å². The van der Waals surface area contributed by atoms with Crippen LogP contribution in [0.2, 0.25) is 0 Å². The summed E-state index contributed by atoms with van der Waals surface area (Å²) in [6.45, 7) is 16.0. The van der Waals surface area contributed by atoms with Gasteiger partial charge < -0.3 is 15.5 Å². The molecule has 1 aliphatic rings. The number of unbranched alkanes of at least 4 members (excludes halogenated alkanes) is 3. The molecule has 0 saturated carbocycles. The zero-order valence-corrected chi connectivity index (χ0v) is 19.5. The topological polar surface area (TPSA) is 42.9 Å². The molecule has 1 fully saturated rings. The van der Waals surface area contributed by atoms with Crippen LogP contribution in [0, 0.1) is 0 Å². The molecule has 0 aromatic heterocycles. The molecule has 150 valence electrons. The van der Waals surface area contributed by atoms with E-state index in [1.807, 2.05) is 7.05 Å². The molecule has 2 N–H and O–H groups in total. The third-order valence-electron chi connectivity index (χ3n) is 5.14. The van der Waals surface area contributed by atoms with Crippen molar-refractivity contribution < 1.29 is 0 Å². The van der Waals surface area contributed by atoms with Gasteiger partial charge in [0.25, 0.3) is 0 Å². The molecule has 2 unspecified atom stereocenters.